The van der Waals surface area contributed by atoms with Gasteiger partial charge in [-0.15, -0.1) is 0 Å². The molecule has 0 radical (unpaired) electrons. The average Bonchev–Trinajstić information content (AvgIpc) is 2.90. The topological polar surface area (TPSA) is 90.4 Å². The molecule has 2 aromatic rings. The molecule has 19 heavy (non-hydrogen) atoms. The van der Waals surface area contributed by atoms with Crippen molar-refractivity contribution in [3.63, 3.8) is 0 Å². The number of nitrogens with one attached hydrogen (secondary N) is 1. The maximum Gasteiger partial charge on any atom is 0.270 e. The van der Waals surface area contributed by atoms with Crippen LogP contribution >= 0.6 is 0 Å². The van der Waals surface area contributed by atoms with Crippen molar-refractivity contribution in [2.75, 3.05) is 7.05 Å². The molecule has 0 bridgehead atoms. The SMILES string of the molecule is CNCc1cc([N+](=O)[O-])ccc1OCc1ccno1. The fourth-order valence-corrected chi connectivity index (χ4v) is 1.61. The van der Waals surface area contributed by atoms with Gasteiger partial charge in [-0.1, -0.05) is 5.16 Å². The van der Waals surface area contributed by atoms with Crippen LogP contribution in [0.2, 0.25) is 0 Å². The summed E-state index contributed by atoms with van der Waals surface area (Å²) < 4.78 is 10.5. The lowest BCUT2D eigenvalue weighted by Crippen LogP contribution is -2.08. The molecule has 0 atom stereocenters. The third-order valence-corrected chi connectivity index (χ3v) is 2.48. The Morgan fingerprint density at radius 1 is 1.47 bits per heavy atom. The molecule has 0 aliphatic heterocycles. The Bertz CT molecular complexity index is 554. The normalized spacial score (nSPS) is 10.4. The Morgan fingerprint density at radius 2 is 2.32 bits per heavy atom. The molecule has 7 nitrogen and oxygen atoms in total. The van der Waals surface area contributed by atoms with Crippen molar-refractivity contribution in [2.45, 2.75) is 13.2 Å². The Balaban J connectivity index is 2.16. The molecule has 0 saturated carbocycles. The molecule has 0 aliphatic rings. The van der Waals surface area contributed by atoms with Crippen molar-refractivity contribution in [1.82, 2.24) is 10.5 Å². The number of nitro benzene ring substituents is 1. The highest BCUT2D eigenvalue weighted by atomic mass is 16.6. The molecule has 0 spiro atoms. The molecule has 100 valence electrons. The lowest BCUT2D eigenvalue weighted by Gasteiger charge is -2.09. The van der Waals surface area contributed by atoms with Gasteiger partial charge in [0, 0.05) is 30.3 Å². The number of hydrogen-bond donors (Lipinski definition) is 1. The molecule has 0 aliphatic carbocycles. The molecule has 0 amide bonds. The summed E-state index contributed by atoms with van der Waals surface area (Å²) in [6.07, 6.45) is 1.53. The fraction of sp³-hybridized carbons (Fsp3) is 0.250. The number of nitrogens with zero attached hydrogens (tertiary/aromatic N) is 2. The fourth-order valence-electron chi connectivity index (χ4n) is 1.61. The first-order valence-corrected chi connectivity index (χ1v) is 5.65. The molecular formula is C12H13N3O4. The predicted octanol–water partition coefficient (Wildman–Crippen LogP) is 1.88. The first-order chi connectivity index (χ1) is 9.20. The van der Waals surface area contributed by atoms with E-state index in [2.05, 4.69) is 10.5 Å². The van der Waals surface area contributed by atoms with Gasteiger partial charge in [-0.3, -0.25) is 10.1 Å². The van der Waals surface area contributed by atoms with Gasteiger partial charge < -0.3 is 14.6 Å². The molecule has 0 saturated heterocycles. The summed E-state index contributed by atoms with van der Waals surface area (Å²) in [6.45, 7) is 0.710. The second-order valence-electron chi connectivity index (χ2n) is 3.85. The number of rotatable bonds is 6. The molecule has 0 unspecified atom stereocenters. The van der Waals surface area contributed by atoms with Crippen molar-refractivity contribution in [3.8, 4) is 5.75 Å². The summed E-state index contributed by atoms with van der Waals surface area (Å²) in [5.41, 5.74) is 0.758. The molecule has 2 rings (SSSR count). The highest BCUT2D eigenvalue weighted by Crippen LogP contribution is 2.25. The van der Waals surface area contributed by atoms with Gasteiger partial charge in [-0.2, -0.15) is 0 Å². The summed E-state index contributed by atoms with van der Waals surface area (Å²) in [7, 11) is 1.76. The van der Waals surface area contributed by atoms with Gasteiger partial charge in [0.2, 0.25) is 0 Å². The predicted molar refractivity (Wildman–Crippen MR) is 66.7 cm³/mol. The van der Waals surface area contributed by atoms with Crippen LogP contribution in [0.15, 0.2) is 35.0 Å². The molecule has 7 heteroatoms. The number of nitro groups is 1. The minimum Gasteiger partial charge on any atom is -0.485 e. The third kappa shape index (κ3) is 3.29. The van der Waals surface area contributed by atoms with Gasteiger partial charge in [0.1, 0.15) is 12.4 Å². The van der Waals surface area contributed by atoms with Gasteiger partial charge in [0.15, 0.2) is 5.76 Å². The minimum absolute atomic E-state index is 0.0391. The zero-order valence-electron chi connectivity index (χ0n) is 10.3. The quantitative estimate of drug-likeness (QED) is 0.632. The van der Waals surface area contributed by atoms with Crippen LogP contribution in [0.1, 0.15) is 11.3 Å². The van der Waals surface area contributed by atoms with E-state index in [0.29, 0.717) is 18.1 Å². The van der Waals surface area contributed by atoms with Crippen LogP contribution in [0, 0.1) is 10.1 Å². The summed E-state index contributed by atoms with van der Waals surface area (Å²) in [4.78, 5) is 10.3. The first kappa shape index (κ1) is 13.0. The van der Waals surface area contributed by atoms with Crippen LogP contribution in [0.25, 0.3) is 0 Å². The maximum atomic E-state index is 10.7. The number of aromatic nitrogens is 1. The smallest absolute Gasteiger partial charge is 0.270 e. The molecule has 1 heterocycles. The monoisotopic (exact) mass is 263 g/mol. The first-order valence-electron chi connectivity index (χ1n) is 5.65. The summed E-state index contributed by atoms with van der Waals surface area (Å²) in [6, 6.07) is 6.19. The molecule has 1 N–H and O–H groups in total. The van der Waals surface area contributed by atoms with E-state index in [1.165, 1.54) is 18.3 Å². The van der Waals surface area contributed by atoms with Gasteiger partial charge in [-0.05, 0) is 13.1 Å². The summed E-state index contributed by atoms with van der Waals surface area (Å²) in [5.74, 6) is 1.17. The lowest BCUT2D eigenvalue weighted by molar-refractivity contribution is -0.384. The zero-order valence-corrected chi connectivity index (χ0v) is 10.3. The van der Waals surface area contributed by atoms with E-state index < -0.39 is 4.92 Å². The van der Waals surface area contributed by atoms with E-state index >= 15 is 0 Å². The van der Waals surface area contributed by atoms with Crippen molar-refractivity contribution in [3.05, 3.63) is 51.9 Å². The van der Waals surface area contributed by atoms with Crippen molar-refractivity contribution >= 4 is 5.69 Å². The van der Waals surface area contributed by atoms with Crippen LogP contribution in [0.3, 0.4) is 0 Å². The minimum atomic E-state index is -0.431. The molecule has 1 aromatic carbocycles. The van der Waals surface area contributed by atoms with E-state index in [1.807, 2.05) is 0 Å². The van der Waals surface area contributed by atoms with Crippen LogP contribution in [-0.4, -0.2) is 17.1 Å². The number of hydrogen-bond acceptors (Lipinski definition) is 6. The van der Waals surface area contributed by atoms with Crippen LogP contribution in [0.5, 0.6) is 5.75 Å². The lowest BCUT2D eigenvalue weighted by atomic mass is 10.1. The number of non-ortho nitro benzene ring substituents is 1. The Labute approximate surface area is 109 Å². The molecule has 1 aromatic heterocycles. The Hall–Kier alpha value is -2.41. The van der Waals surface area contributed by atoms with E-state index in [1.54, 1.807) is 19.2 Å². The highest BCUT2D eigenvalue weighted by molar-refractivity contribution is 5.43. The van der Waals surface area contributed by atoms with E-state index in [0.717, 1.165) is 5.56 Å². The van der Waals surface area contributed by atoms with E-state index in [-0.39, 0.29) is 12.3 Å². The van der Waals surface area contributed by atoms with Crippen LogP contribution in [0.4, 0.5) is 5.69 Å². The van der Waals surface area contributed by atoms with Crippen LogP contribution in [-0.2, 0) is 13.2 Å². The Kier molecular flexibility index (Phi) is 4.09. The standard InChI is InChI=1S/C12H13N3O4/c1-13-7-9-6-10(15(16)17)2-3-12(9)18-8-11-4-5-14-19-11/h2-6,13H,7-8H2,1H3. The molecule has 0 fully saturated rings. The second kappa shape index (κ2) is 5.96. The van der Waals surface area contributed by atoms with Gasteiger partial charge >= 0.3 is 0 Å². The summed E-state index contributed by atoms with van der Waals surface area (Å²) >= 11 is 0. The summed E-state index contributed by atoms with van der Waals surface area (Å²) in [5, 5.41) is 17.3. The van der Waals surface area contributed by atoms with Crippen LogP contribution < -0.4 is 10.1 Å². The molecular weight excluding hydrogens is 250 g/mol. The van der Waals surface area contributed by atoms with Crippen molar-refractivity contribution < 1.29 is 14.2 Å². The Morgan fingerprint density at radius 3 is 2.95 bits per heavy atom. The van der Waals surface area contributed by atoms with Gasteiger partial charge in [0.05, 0.1) is 11.1 Å². The third-order valence-electron chi connectivity index (χ3n) is 2.48. The van der Waals surface area contributed by atoms with Crippen molar-refractivity contribution in [1.29, 1.82) is 0 Å². The number of ether oxygens (including phenoxy) is 1. The maximum absolute atomic E-state index is 10.7. The van der Waals surface area contributed by atoms with Gasteiger partial charge in [0.25, 0.3) is 5.69 Å². The van der Waals surface area contributed by atoms with Gasteiger partial charge in [-0.25, -0.2) is 0 Å². The number of benzene rings is 1. The average molecular weight is 263 g/mol. The largest absolute Gasteiger partial charge is 0.485 e. The highest BCUT2D eigenvalue weighted by Gasteiger charge is 2.12. The van der Waals surface area contributed by atoms with Crippen molar-refractivity contribution in [2.24, 2.45) is 0 Å². The zero-order chi connectivity index (χ0) is 13.7. The van der Waals surface area contributed by atoms with E-state index in [9.17, 15) is 10.1 Å². The second-order valence-corrected chi connectivity index (χ2v) is 3.85. The van der Waals surface area contributed by atoms with E-state index in [4.69, 9.17) is 9.26 Å².